The van der Waals surface area contributed by atoms with Crippen molar-refractivity contribution in [1.29, 1.82) is 0 Å². The fourth-order valence-electron chi connectivity index (χ4n) is 2.38. The van der Waals surface area contributed by atoms with Crippen LogP contribution in [0.4, 0.5) is 0 Å². The van der Waals surface area contributed by atoms with Gasteiger partial charge in [-0.05, 0) is 39.5 Å². The van der Waals surface area contributed by atoms with Gasteiger partial charge in [-0.1, -0.05) is 0 Å². The number of hydrogen-bond donors (Lipinski definition) is 1. The van der Waals surface area contributed by atoms with Gasteiger partial charge in [-0.15, -0.1) is 0 Å². The van der Waals surface area contributed by atoms with Gasteiger partial charge in [0, 0.05) is 35.6 Å². The van der Waals surface area contributed by atoms with Crippen molar-refractivity contribution in [3.8, 4) is 0 Å². The normalized spacial score (nSPS) is 21.7. The summed E-state index contributed by atoms with van der Waals surface area (Å²) in [5.41, 5.74) is 1.40. The minimum absolute atomic E-state index is 0.275. The van der Waals surface area contributed by atoms with Crippen LogP contribution in [0, 0.1) is 0 Å². The van der Waals surface area contributed by atoms with E-state index in [0.29, 0.717) is 5.92 Å². The third kappa shape index (κ3) is 3.26. The average molecular weight is 253 g/mol. The molecule has 1 fully saturated rings. The van der Waals surface area contributed by atoms with Crippen LogP contribution in [0.15, 0.2) is 12.5 Å². The van der Waals surface area contributed by atoms with Crippen molar-refractivity contribution in [3.05, 3.63) is 18.2 Å². The van der Waals surface area contributed by atoms with E-state index < -0.39 is 0 Å². The number of nitrogens with zero attached hydrogens (tertiary/aromatic N) is 2. The Morgan fingerprint density at radius 2 is 2.41 bits per heavy atom. The Morgan fingerprint density at radius 3 is 3.06 bits per heavy atom. The quantitative estimate of drug-likeness (QED) is 0.894. The molecule has 1 saturated heterocycles. The van der Waals surface area contributed by atoms with Crippen molar-refractivity contribution in [1.82, 2.24) is 14.9 Å². The van der Waals surface area contributed by atoms with Gasteiger partial charge < -0.3 is 9.88 Å². The van der Waals surface area contributed by atoms with Gasteiger partial charge in [-0.2, -0.15) is 11.8 Å². The zero-order chi connectivity index (χ0) is 12.3. The Hall–Kier alpha value is -0.480. The molecule has 4 heteroatoms. The predicted octanol–water partition coefficient (Wildman–Crippen LogP) is 2.49. The summed E-state index contributed by atoms with van der Waals surface area (Å²) in [7, 11) is 0. The molecule has 0 spiro atoms. The second kappa shape index (κ2) is 5.44. The number of imidazole rings is 1. The summed E-state index contributed by atoms with van der Waals surface area (Å²) in [6.45, 7) is 7.90. The Morgan fingerprint density at radius 1 is 1.59 bits per heavy atom. The SMILES string of the molecule is CSC(C)(C)Cn1cncc1C1CCCNC1. The van der Waals surface area contributed by atoms with Gasteiger partial charge in [0.15, 0.2) is 0 Å². The van der Waals surface area contributed by atoms with Crippen LogP contribution < -0.4 is 5.32 Å². The Labute approximate surface area is 108 Å². The van der Waals surface area contributed by atoms with Crippen molar-refractivity contribution in [2.75, 3.05) is 19.3 Å². The van der Waals surface area contributed by atoms with Crippen LogP contribution in [-0.2, 0) is 6.54 Å². The first-order valence-electron chi connectivity index (χ1n) is 6.38. The number of thioether (sulfide) groups is 1. The van der Waals surface area contributed by atoms with E-state index in [0.717, 1.165) is 13.1 Å². The Kier molecular flexibility index (Phi) is 4.15. The van der Waals surface area contributed by atoms with Crippen LogP contribution in [0.25, 0.3) is 0 Å². The maximum Gasteiger partial charge on any atom is 0.0948 e. The molecule has 1 unspecified atom stereocenters. The average Bonchev–Trinajstić information content (AvgIpc) is 2.77. The molecule has 0 amide bonds. The van der Waals surface area contributed by atoms with Crippen LogP contribution in [0.3, 0.4) is 0 Å². The molecule has 3 nitrogen and oxygen atoms in total. The molecular formula is C13H23N3S. The number of rotatable bonds is 4. The van der Waals surface area contributed by atoms with Crippen molar-refractivity contribution >= 4 is 11.8 Å². The van der Waals surface area contributed by atoms with E-state index in [1.807, 2.05) is 24.3 Å². The fraction of sp³-hybridized carbons (Fsp3) is 0.769. The largest absolute Gasteiger partial charge is 0.333 e. The first-order chi connectivity index (χ1) is 8.12. The topological polar surface area (TPSA) is 29.9 Å². The highest BCUT2D eigenvalue weighted by atomic mass is 32.2. The molecule has 96 valence electrons. The van der Waals surface area contributed by atoms with E-state index in [-0.39, 0.29) is 4.75 Å². The van der Waals surface area contributed by atoms with Gasteiger partial charge in [0.1, 0.15) is 0 Å². The monoisotopic (exact) mass is 253 g/mol. The highest BCUT2D eigenvalue weighted by molar-refractivity contribution is 7.99. The van der Waals surface area contributed by atoms with Crippen LogP contribution >= 0.6 is 11.8 Å². The summed E-state index contributed by atoms with van der Waals surface area (Å²) in [5.74, 6) is 0.643. The third-order valence-electron chi connectivity index (χ3n) is 3.56. The van der Waals surface area contributed by atoms with E-state index >= 15 is 0 Å². The minimum Gasteiger partial charge on any atom is -0.333 e. The van der Waals surface area contributed by atoms with Gasteiger partial charge >= 0.3 is 0 Å². The fourth-order valence-corrected chi connectivity index (χ4v) is 2.65. The summed E-state index contributed by atoms with van der Waals surface area (Å²) in [5, 5.41) is 3.48. The molecule has 1 N–H and O–H groups in total. The number of aromatic nitrogens is 2. The number of hydrogen-bond acceptors (Lipinski definition) is 3. The molecule has 1 aliphatic heterocycles. The van der Waals surface area contributed by atoms with E-state index in [9.17, 15) is 0 Å². The molecule has 17 heavy (non-hydrogen) atoms. The lowest BCUT2D eigenvalue weighted by Gasteiger charge is -2.27. The standard InChI is InChI=1S/C13H23N3S/c1-13(2,17-3)9-16-10-15-8-12(16)11-5-4-6-14-7-11/h8,10-11,14H,4-7,9H2,1-3H3. The van der Waals surface area contributed by atoms with Gasteiger partial charge in [-0.3, -0.25) is 0 Å². The van der Waals surface area contributed by atoms with Gasteiger partial charge in [0.25, 0.3) is 0 Å². The lowest BCUT2D eigenvalue weighted by Crippen LogP contribution is -2.31. The van der Waals surface area contributed by atoms with Crippen LogP contribution in [0.1, 0.15) is 38.3 Å². The van der Waals surface area contributed by atoms with E-state index in [4.69, 9.17) is 0 Å². The van der Waals surface area contributed by atoms with E-state index in [1.165, 1.54) is 25.1 Å². The Balaban J connectivity index is 2.10. The van der Waals surface area contributed by atoms with Gasteiger partial charge in [-0.25, -0.2) is 4.98 Å². The maximum absolute atomic E-state index is 4.34. The zero-order valence-corrected chi connectivity index (χ0v) is 11.9. The van der Waals surface area contributed by atoms with Crippen LogP contribution in [0.2, 0.25) is 0 Å². The summed E-state index contributed by atoms with van der Waals surface area (Å²) in [6, 6.07) is 0. The zero-order valence-electron chi connectivity index (χ0n) is 11.1. The van der Waals surface area contributed by atoms with Crippen molar-refractivity contribution in [3.63, 3.8) is 0 Å². The van der Waals surface area contributed by atoms with Crippen molar-refractivity contribution in [2.24, 2.45) is 0 Å². The highest BCUT2D eigenvalue weighted by Gasteiger charge is 2.22. The molecule has 1 atom stereocenters. The molecule has 0 radical (unpaired) electrons. The van der Waals surface area contributed by atoms with E-state index in [2.05, 4.69) is 35.0 Å². The Bertz CT molecular complexity index is 353. The summed E-state index contributed by atoms with van der Waals surface area (Å²) < 4.78 is 2.62. The minimum atomic E-state index is 0.275. The van der Waals surface area contributed by atoms with Gasteiger partial charge in [0.2, 0.25) is 0 Å². The second-order valence-corrected chi connectivity index (χ2v) is 6.97. The van der Waals surface area contributed by atoms with E-state index in [1.54, 1.807) is 0 Å². The molecular weight excluding hydrogens is 230 g/mol. The summed E-state index contributed by atoms with van der Waals surface area (Å²) in [4.78, 5) is 4.34. The molecule has 0 aliphatic carbocycles. The molecule has 1 aromatic rings. The summed E-state index contributed by atoms with van der Waals surface area (Å²) in [6.07, 6.45) is 8.79. The molecule has 0 aromatic carbocycles. The smallest absolute Gasteiger partial charge is 0.0948 e. The molecule has 2 rings (SSSR count). The first kappa shape index (κ1) is 13.0. The third-order valence-corrected chi connectivity index (χ3v) is 4.80. The van der Waals surface area contributed by atoms with Crippen LogP contribution in [0.5, 0.6) is 0 Å². The molecule has 2 heterocycles. The van der Waals surface area contributed by atoms with Crippen molar-refractivity contribution < 1.29 is 0 Å². The van der Waals surface area contributed by atoms with Crippen LogP contribution in [-0.4, -0.2) is 33.6 Å². The predicted molar refractivity (Wildman–Crippen MR) is 74.7 cm³/mol. The number of piperidine rings is 1. The van der Waals surface area contributed by atoms with Gasteiger partial charge in [0.05, 0.1) is 6.33 Å². The number of nitrogens with one attached hydrogen (secondary N) is 1. The van der Waals surface area contributed by atoms with Crippen molar-refractivity contribution in [2.45, 2.75) is 43.9 Å². The molecule has 0 bridgehead atoms. The lowest BCUT2D eigenvalue weighted by atomic mass is 9.96. The maximum atomic E-state index is 4.34. The lowest BCUT2D eigenvalue weighted by molar-refractivity contribution is 0.432. The second-order valence-electron chi connectivity index (χ2n) is 5.45. The molecule has 1 aromatic heterocycles. The first-order valence-corrected chi connectivity index (χ1v) is 7.61. The highest BCUT2D eigenvalue weighted by Crippen LogP contribution is 2.27. The molecule has 1 aliphatic rings. The summed E-state index contributed by atoms with van der Waals surface area (Å²) >= 11 is 1.92. The molecule has 0 saturated carbocycles.